The van der Waals surface area contributed by atoms with Crippen molar-refractivity contribution < 1.29 is 7.86 Å². The van der Waals surface area contributed by atoms with Crippen molar-refractivity contribution in [1.82, 2.24) is 25.3 Å². The summed E-state index contributed by atoms with van der Waals surface area (Å²) in [6, 6.07) is 10.6. The molecule has 0 fully saturated rings. The minimum Gasteiger partial charge on any atom is -0.346 e. The smallest absolute Gasteiger partial charge is 0.272 e. The Labute approximate surface area is 186 Å². The molecule has 0 aliphatic heterocycles. The van der Waals surface area contributed by atoms with Crippen molar-refractivity contribution in [2.45, 2.75) is 32.5 Å². The van der Waals surface area contributed by atoms with Crippen molar-refractivity contribution in [2.75, 3.05) is 0 Å². The number of benzene rings is 1. The van der Waals surface area contributed by atoms with E-state index in [4.69, 9.17) is 19.9 Å². The van der Waals surface area contributed by atoms with E-state index in [-0.39, 0.29) is 18.1 Å². The van der Waals surface area contributed by atoms with E-state index in [1.165, 1.54) is 0 Å². The lowest BCUT2D eigenvalue weighted by molar-refractivity contribution is 0.0931. The average Bonchev–Trinajstić information content (AvgIpc) is 3.37. The van der Waals surface area contributed by atoms with E-state index < -0.39 is 0 Å². The van der Waals surface area contributed by atoms with Crippen molar-refractivity contribution >= 4 is 40.5 Å². The third-order valence-electron chi connectivity index (χ3n) is 4.27. The van der Waals surface area contributed by atoms with E-state index in [0.717, 1.165) is 17.0 Å². The van der Waals surface area contributed by atoms with E-state index in [1.807, 2.05) is 55.2 Å². The molecule has 0 saturated heterocycles. The van der Waals surface area contributed by atoms with Crippen LogP contribution < -0.4 is 5.32 Å². The zero-order valence-electron chi connectivity index (χ0n) is 15.7. The van der Waals surface area contributed by atoms with Crippen LogP contribution in [0.1, 0.15) is 41.7 Å². The van der Waals surface area contributed by atoms with Crippen LogP contribution in [-0.2, 0) is 9.61 Å². The Balaban J connectivity index is 1.62. The molecule has 150 valence electrons. The van der Waals surface area contributed by atoms with Gasteiger partial charge in [-0.05, 0) is 38.1 Å². The lowest BCUT2D eigenvalue weighted by Gasteiger charge is -2.13. The van der Waals surface area contributed by atoms with Crippen molar-refractivity contribution in [1.29, 1.82) is 5.26 Å². The van der Waals surface area contributed by atoms with Gasteiger partial charge in [-0.25, -0.2) is 0 Å². The fraction of sp³-hybridized carbons (Fsp3) is 0.263. The number of hydrogen-bond donors (Lipinski definition) is 2. The zero-order chi connectivity index (χ0) is 21.0. The average molecular weight is 525 g/mol. The van der Waals surface area contributed by atoms with Gasteiger partial charge in [0, 0.05) is 17.8 Å². The number of nitriles is 1. The predicted octanol–water partition coefficient (Wildman–Crippen LogP) is 4.04. The van der Waals surface area contributed by atoms with Gasteiger partial charge in [-0.3, -0.25) is 14.6 Å². The molecular formula is C19H18ClIN6O2. The highest BCUT2D eigenvalue weighted by Crippen LogP contribution is 2.24. The SMILES string of the molecule is C[C@H](OI)c1cc(C(=O)N[C@@H](C)Cn2ccc(-c3ccc(C#N)c(Cl)c3)n2)n[nH]1. The first-order chi connectivity index (χ1) is 13.9. The molecule has 2 N–H and O–H groups in total. The third kappa shape index (κ3) is 5.14. The molecule has 8 nitrogen and oxygen atoms in total. The summed E-state index contributed by atoms with van der Waals surface area (Å²) in [5.41, 5.74) is 3.02. The summed E-state index contributed by atoms with van der Waals surface area (Å²) >= 11 is 7.90. The molecule has 0 saturated carbocycles. The monoisotopic (exact) mass is 524 g/mol. The minimum atomic E-state index is -0.271. The molecule has 0 bridgehead atoms. The summed E-state index contributed by atoms with van der Waals surface area (Å²) in [5, 5.41) is 23.6. The number of nitrogens with zero attached hydrogens (tertiary/aromatic N) is 4. The highest BCUT2D eigenvalue weighted by atomic mass is 127. The standard InChI is InChI=1S/C19H18ClIN6O2/c1-11(23-19(28)18-8-17(24-25-18)12(2)29-21)10-27-6-5-16(26-27)13-3-4-14(9-22)15(20)7-13/h3-8,11-12H,10H2,1-2H3,(H,23,28)(H,24,25)/t11-,12-/m0/s1. The zero-order valence-corrected chi connectivity index (χ0v) is 18.6. The molecular weight excluding hydrogens is 507 g/mol. The maximum atomic E-state index is 12.4. The van der Waals surface area contributed by atoms with Gasteiger partial charge in [-0.15, -0.1) is 0 Å². The molecule has 0 aliphatic carbocycles. The van der Waals surface area contributed by atoms with Crippen molar-refractivity contribution in [3.05, 3.63) is 58.5 Å². The van der Waals surface area contributed by atoms with Crippen molar-refractivity contribution in [2.24, 2.45) is 0 Å². The second-order valence-corrected chi connectivity index (χ2v) is 7.46. The van der Waals surface area contributed by atoms with Gasteiger partial charge in [0.1, 0.15) is 40.9 Å². The van der Waals surface area contributed by atoms with Crippen molar-refractivity contribution in [3.8, 4) is 17.3 Å². The van der Waals surface area contributed by atoms with Gasteiger partial charge in [-0.1, -0.05) is 17.7 Å². The van der Waals surface area contributed by atoms with Crippen LogP contribution in [0.15, 0.2) is 36.5 Å². The van der Waals surface area contributed by atoms with Gasteiger partial charge in [0.05, 0.1) is 28.5 Å². The van der Waals surface area contributed by atoms with Crippen LogP contribution >= 0.6 is 34.6 Å². The van der Waals surface area contributed by atoms with E-state index in [9.17, 15) is 4.79 Å². The molecule has 29 heavy (non-hydrogen) atoms. The highest BCUT2D eigenvalue weighted by Gasteiger charge is 2.16. The molecule has 2 atom stereocenters. The van der Waals surface area contributed by atoms with Crippen molar-refractivity contribution in [3.63, 3.8) is 0 Å². The number of carbonyl (C=O) groups excluding carboxylic acids is 1. The van der Waals surface area contributed by atoms with E-state index in [0.29, 0.717) is 22.8 Å². The topological polar surface area (TPSA) is 109 Å². The Morgan fingerprint density at radius 1 is 1.41 bits per heavy atom. The second-order valence-electron chi connectivity index (χ2n) is 6.54. The van der Waals surface area contributed by atoms with Crippen LogP contribution in [0.3, 0.4) is 0 Å². The quantitative estimate of drug-likeness (QED) is 0.454. The maximum Gasteiger partial charge on any atom is 0.272 e. The summed E-state index contributed by atoms with van der Waals surface area (Å²) in [4.78, 5) is 12.4. The second kappa shape index (κ2) is 9.39. The lowest BCUT2D eigenvalue weighted by Crippen LogP contribution is -2.36. The number of carbonyl (C=O) groups is 1. The number of aromatic amines is 1. The molecule has 2 heterocycles. The number of nitrogens with one attached hydrogen (secondary N) is 2. The molecule has 0 radical (unpaired) electrons. The summed E-state index contributed by atoms with van der Waals surface area (Å²) in [5.74, 6) is -0.271. The van der Waals surface area contributed by atoms with Crippen LogP contribution in [0, 0.1) is 11.3 Å². The number of amides is 1. The summed E-state index contributed by atoms with van der Waals surface area (Å²) in [6.45, 7) is 4.24. The molecule has 3 aromatic rings. The first-order valence-corrected chi connectivity index (χ1v) is 10.0. The summed E-state index contributed by atoms with van der Waals surface area (Å²) in [7, 11) is 0. The van der Waals surface area contributed by atoms with Gasteiger partial charge in [-0.2, -0.15) is 15.5 Å². The molecule has 1 aromatic carbocycles. The van der Waals surface area contributed by atoms with Crippen LogP contribution in [0.4, 0.5) is 0 Å². The number of hydrogen-bond acceptors (Lipinski definition) is 5. The van der Waals surface area contributed by atoms with Gasteiger partial charge in [0.25, 0.3) is 5.91 Å². The fourth-order valence-electron chi connectivity index (χ4n) is 2.72. The van der Waals surface area contributed by atoms with Crippen LogP contribution in [0.5, 0.6) is 0 Å². The van der Waals surface area contributed by atoms with Gasteiger partial charge >= 0.3 is 0 Å². The van der Waals surface area contributed by atoms with E-state index in [1.54, 1.807) is 28.9 Å². The Kier molecular flexibility index (Phi) is 6.89. The number of halogens is 2. The van der Waals surface area contributed by atoms with Crippen LogP contribution in [-0.4, -0.2) is 31.9 Å². The van der Waals surface area contributed by atoms with Gasteiger partial charge in [0.2, 0.25) is 0 Å². The predicted molar refractivity (Wildman–Crippen MR) is 116 cm³/mol. The summed E-state index contributed by atoms with van der Waals surface area (Å²) in [6.07, 6.45) is 1.65. The molecule has 10 heteroatoms. The van der Waals surface area contributed by atoms with Crippen LogP contribution in [0.2, 0.25) is 5.02 Å². The number of rotatable bonds is 7. The van der Waals surface area contributed by atoms with Gasteiger partial charge < -0.3 is 8.38 Å². The fourth-order valence-corrected chi connectivity index (χ4v) is 3.21. The lowest BCUT2D eigenvalue weighted by atomic mass is 10.1. The highest BCUT2D eigenvalue weighted by molar-refractivity contribution is 14.1. The normalized spacial score (nSPS) is 12.9. The maximum absolute atomic E-state index is 12.4. The molecule has 0 spiro atoms. The molecule has 3 rings (SSSR count). The Morgan fingerprint density at radius 2 is 2.21 bits per heavy atom. The first-order valence-electron chi connectivity index (χ1n) is 8.78. The molecule has 1 amide bonds. The minimum absolute atomic E-state index is 0.168. The van der Waals surface area contributed by atoms with E-state index in [2.05, 4.69) is 20.6 Å². The number of H-pyrrole nitrogens is 1. The van der Waals surface area contributed by atoms with Gasteiger partial charge in [0.15, 0.2) is 0 Å². The Morgan fingerprint density at radius 3 is 2.90 bits per heavy atom. The first kappa shape index (κ1) is 21.3. The third-order valence-corrected chi connectivity index (χ3v) is 5.34. The van der Waals surface area contributed by atoms with E-state index >= 15 is 0 Å². The molecule has 0 unspecified atom stereocenters. The van der Waals surface area contributed by atoms with Crippen LogP contribution in [0.25, 0.3) is 11.3 Å². The number of aromatic nitrogens is 4. The Bertz CT molecular complexity index is 1060. The summed E-state index contributed by atoms with van der Waals surface area (Å²) < 4.78 is 6.92. The largest absolute Gasteiger partial charge is 0.346 e. The molecule has 2 aromatic heterocycles. The molecule has 0 aliphatic rings. The Hall–Kier alpha value is -2.42.